The molecule has 0 fully saturated rings. The van der Waals surface area contributed by atoms with E-state index in [0.717, 1.165) is 34.2 Å². The molecule has 0 unspecified atom stereocenters. The summed E-state index contributed by atoms with van der Waals surface area (Å²) >= 11 is 1.65. The molecule has 29 heavy (non-hydrogen) atoms. The number of fused-ring (bicyclic) bond motifs is 1. The fraction of sp³-hybridized carbons (Fsp3) is 0.0833. The third kappa shape index (κ3) is 3.77. The van der Waals surface area contributed by atoms with Gasteiger partial charge >= 0.3 is 0 Å². The highest BCUT2D eigenvalue weighted by Crippen LogP contribution is 2.27. The van der Waals surface area contributed by atoms with E-state index in [4.69, 9.17) is 9.98 Å². The molecule has 4 nitrogen and oxygen atoms in total. The average Bonchev–Trinajstić information content (AvgIpc) is 3.36. The molecule has 0 atom stereocenters. The topological polar surface area (TPSA) is 32.9 Å². The number of aromatic nitrogens is 2. The van der Waals surface area contributed by atoms with Gasteiger partial charge < -0.3 is 4.90 Å². The van der Waals surface area contributed by atoms with Gasteiger partial charge in [0, 0.05) is 29.9 Å². The summed E-state index contributed by atoms with van der Waals surface area (Å²) in [6, 6.07) is 20.8. The van der Waals surface area contributed by atoms with E-state index < -0.39 is 0 Å². The quantitative estimate of drug-likeness (QED) is 0.446. The van der Waals surface area contributed by atoms with Gasteiger partial charge in [-0.2, -0.15) is 0 Å². The van der Waals surface area contributed by atoms with Crippen molar-refractivity contribution < 1.29 is 0 Å². The zero-order valence-electron chi connectivity index (χ0n) is 15.8. The van der Waals surface area contributed by atoms with Crippen LogP contribution in [-0.2, 0) is 6.54 Å². The van der Waals surface area contributed by atoms with Gasteiger partial charge in [0.2, 0.25) is 0 Å². The van der Waals surface area contributed by atoms with Crippen LogP contribution in [-0.4, -0.2) is 26.7 Å². The number of rotatable bonds is 5. The van der Waals surface area contributed by atoms with Crippen LogP contribution in [0.4, 0.5) is 0 Å². The predicted octanol–water partition coefficient (Wildman–Crippen LogP) is 5.50. The first kappa shape index (κ1) is 17.6. The fourth-order valence-corrected chi connectivity index (χ4v) is 4.14. The minimum atomic E-state index is 0.664. The Morgan fingerprint density at radius 1 is 0.966 bits per heavy atom. The molecule has 5 heteroatoms. The Morgan fingerprint density at radius 2 is 1.76 bits per heavy atom. The Kier molecular flexibility index (Phi) is 4.80. The third-order valence-electron chi connectivity index (χ3n) is 4.88. The fourth-order valence-electron chi connectivity index (χ4n) is 3.42. The molecule has 2 aromatic heterocycles. The summed E-state index contributed by atoms with van der Waals surface area (Å²) in [5.74, 6) is 0. The molecule has 1 aliphatic rings. The Balaban J connectivity index is 1.36. The molecule has 0 N–H and O–H groups in total. The number of hydrogen-bond donors (Lipinski definition) is 0. The highest BCUT2D eigenvalue weighted by Gasteiger charge is 2.13. The molecule has 142 valence electrons. The van der Waals surface area contributed by atoms with E-state index in [0.29, 0.717) is 6.67 Å². The van der Waals surface area contributed by atoms with E-state index in [1.54, 1.807) is 11.3 Å². The van der Waals surface area contributed by atoms with Crippen molar-refractivity contribution in [3.8, 4) is 11.3 Å². The lowest BCUT2D eigenvalue weighted by Gasteiger charge is -2.21. The SMILES string of the molecule is C1=CN(Cc2ccccc2)CN=C1/C=C/c1c(-c2ccccc2)nc2sccn12. The van der Waals surface area contributed by atoms with Crippen LogP contribution in [0.1, 0.15) is 11.3 Å². The van der Waals surface area contributed by atoms with Gasteiger partial charge in [-0.25, -0.2) is 4.98 Å². The first-order chi connectivity index (χ1) is 14.4. The number of allylic oxidation sites excluding steroid dienone is 2. The van der Waals surface area contributed by atoms with Gasteiger partial charge in [-0.05, 0) is 23.8 Å². The standard InChI is InChI=1S/C24H20N4S/c1-3-7-19(8-4-1)17-27-14-13-21(25-18-27)11-12-22-23(20-9-5-2-6-10-20)26-24-28(22)15-16-29-24/h1-16H,17-18H2/b12-11+. The molecule has 0 spiro atoms. The van der Waals surface area contributed by atoms with Crippen molar-refractivity contribution in [1.82, 2.24) is 14.3 Å². The normalized spacial score (nSPS) is 14.1. The summed E-state index contributed by atoms with van der Waals surface area (Å²) in [6.45, 7) is 1.53. The minimum Gasteiger partial charge on any atom is -0.354 e. The highest BCUT2D eigenvalue weighted by molar-refractivity contribution is 7.15. The van der Waals surface area contributed by atoms with Crippen LogP contribution in [0.3, 0.4) is 0 Å². The van der Waals surface area contributed by atoms with Gasteiger partial charge in [0.05, 0.1) is 17.1 Å². The molecular weight excluding hydrogens is 376 g/mol. The van der Waals surface area contributed by atoms with Gasteiger partial charge in [-0.3, -0.25) is 9.39 Å². The van der Waals surface area contributed by atoms with Crippen LogP contribution in [0.2, 0.25) is 0 Å². The molecule has 2 aromatic carbocycles. The lowest BCUT2D eigenvalue weighted by Crippen LogP contribution is -2.20. The van der Waals surface area contributed by atoms with Crippen LogP contribution >= 0.6 is 11.3 Å². The minimum absolute atomic E-state index is 0.664. The van der Waals surface area contributed by atoms with E-state index in [1.165, 1.54) is 5.56 Å². The maximum absolute atomic E-state index is 4.83. The molecule has 0 saturated heterocycles. The van der Waals surface area contributed by atoms with Crippen molar-refractivity contribution >= 4 is 28.1 Å². The first-order valence-corrected chi connectivity index (χ1v) is 10.4. The predicted molar refractivity (Wildman–Crippen MR) is 121 cm³/mol. The van der Waals surface area contributed by atoms with Crippen molar-refractivity contribution in [3.05, 3.63) is 102 Å². The molecule has 0 amide bonds. The zero-order chi connectivity index (χ0) is 19.5. The molecular formula is C24H20N4S. The van der Waals surface area contributed by atoms with Crippen molar-refractivity contribution in [2.75, 3.05) is 6.67 Å². The molecule has 4 aromatic rings. The summed E-state index contributed by atoms with van der Waals surface area (Å²) < 4.78 is 2.14. The molecule has 0 saturated carbocycles. The number of benzene rings is 2. The zero-order valence-corrected chi connectivity index (χ0v) is 16.7. The van der Waals surface area contributed by atoms with Crippen molar-refractivity contribution in [1.29, 1.82) is 0 Å². The van der Waals surface area contributed by atoms with E-state index >= 15 is 0 Å². The average molecular weight is 397 g/mol. The molecule has 3 heterocycles. The molecule has 1 aliphatic heterocycles. The molecule has 0 aliphatic carbocycles. The molecule has 0 radical (unpaired) electrons. The van der Waals surface area contributed by atoms with Crippen molar-refractivity contribution in [3.63, 3.8) is 0 Å². The maximum atomic E-state index is 4.83. The smallest absolute Gasteiger partial charge is 0.194 e. The highest BCUT2D eigenvalue weighted by atomic mass is 32.1. The van der Waals surface area contributed by atoms with Crippen LogP contribution in [0.25, 0.3) is 22.3 Å². The summed E-state index contributed by atoms with van der Waals surface area (Å²) in [7, 11) is 0. The third-order valence-corrected chi connectivity index (χ3v) is 5.63. The van der Waals surface area contributed by atoms with Gasteiger partial charge in [-0.1, -0.05) is 60.7 Å². The summed E-state index contributed by atoms with van der Waals surface area (Å²) in [5, 5.41) is 2.06. The van der Waals surface area contributed by atoms with E-state index in [9.17, 15) is 0 Å². The Hall–Kier alpha value is -3.44. The van der Waals surface area contributed by atoms with E-state index in [1.807, 2.05) is 24.3 Å². The Bertz CT molecular complexity index is 1200. The second kappa shape index (κ2) is 7.89. The lowest BCUT2D eigenvalue weighted by atomic mass is 10.1. The Labute approximate surface area is 173 Å². The summed E-state index contributed by atoms with van der Waals surface area (Å²) in [6.07, 6.45) is 10.4. The van der Waals surface area contributed by atoms with E-state index in [2.05, 4.69) is 81.7 Å². The summed E-state index contributed by atoms with van der Waals surface area (Å²) in [4.78, 5) is 12.8. The first-order valence-electron chi connectivity index (χ1n) is 9.56. The van der Waals surface area contributed by atoms with Crippen LogP contribution in [0.5, 0.6) is 0 Å². The van der Waals surface area contributed by atoms with E-state index in [-0.39, 0.29) is 0 Å². The number of nitrogens with zero attached hydrogens (tertiary/aromatic N) is 4. The van der Waals surface area contributed by atoms with Crippen LogP contribution in [0, 0.1) is 0 Å². The molecule has 5 rings (SSSR count). The number of thiazole rings is 1. The maximum Gasteiger partial charge on any atom is 0.194 e. The van der Waals surface area contributed by atoms with Gasteiger partial charge in [-0.15, -0.1) is 11.3 Å². The van der Waals surface area contributed by atoms with Crippen LogP contribution in [0.15, 0.2) is 95.6 Å². The van der Waals surface area contributed by atoms with Gasteiger partial charge in [0.25, 0.3) is 0 Å². The van der Waals surface area contributed by atoms with Crippen molar-refractivity contribution in [2.24, 2.45) is 4.99 Å². The van der Waals surface area contributed by atoms with Crippen LogP contribution < -0.4 is 0 Å². The monoisotopic (exact) mass is 396 g/mol. The largest absolute Gasteiger partial charge is 0.354 e. The van der Waals surface area contributed by atoms with Crippen molar-refractivity contribution in [2.45, 2.75) is 6.54 Å². The Morgan fingerprint density at radius 3 is 2.52 bits per heavy atom. The van der Waals surface area contributed by atoms with Gasteiger partial charge in [0.1, 0.15) is 6.67 Å². The summed E-state index contributed by atoms with van der Waals surface area (Å²) in [5.41, 5.74) is 5.46. The second-order valence-electron chi connectivity index (χ2n) is 6.87. The lowest BCUT2D eigenvalue weighted by molar-refractivity contribution is 0.378. The number of hydrogen-bond acceptors (Lipinski definition) is 4. The molecule has 0 bridgehead atoms. The second-order valence-corrected chi connectivity index (χ2v) is 7.75. The van der Waals surface area contributed by atoms with Gasteiger partial charge in [0.15, 0.2) is 4.96 Å². The number of imidazole rings is 1. The number of aliphatic imine (C=N–C) groups is 1.